The fourth-order valence-corrected chi connectivity index (χ4v) is 2.58. The average molecular weight is 243 g/mol. The Morgan fingerprint density at radius 3 is 3.06 bits per heavy atom. The lowest BCUT2D eigenvalue weighted by Crippen LogP contribution is -2.38. The number of carboxylic acid groups (broad SMARTS) is 1. The maximum atomic E-state index is 10.5. The molecule has 3 atom stereocenters. The fraction of sp³-hybridized carbons (Fsp3) is 0.917. The third kappa shape index (κ3) is 3.66. The Labute approximate surface area is 102 Å². The van der Waals surface area contributed by atoms with E-state index in [2.05, 4.69) is 11.9 Å². The van der Waals surface area contributed by atoms with Gasteiger partial charge in [-0.25, -0.2) is 0 Å². The molecular weight excluding hydrogens is 222 g/mol. The van der Waals surface area contributed by atoms with Gasteiger partial charge in [-0.05, 0) is 32.9 Å². The van der Waals surface area contributed by atoms with Crippen LogP contribution in [0.1, 0.15) is 25.7 Å². The predicted molar refractivity (Wildman–Crippen MR) is 61.7 cm³/mol. The molecule has 2 fully saturated rings. The molecule has 0 amide bonds. The highest BCUT2D eigenvalue weighted by atomic mass is 16.7. The number of aliphatic carboxylic acids is 1. The number of rotatable bonds is 4. The van der Waals surface area contributed by atoms with Crippen molar-refractivity contribution in [1.29, 1.82) is 0 Å². The van der Waals surface area contributed by atoms with Crippen LogP contribution in [0.2, 0.25) is 0 Å². The number of carbonyl (C=O) groups is 1. The van der Waals surface area contributed by atoms with Gasteiger partial charge in [-0.1, -0.05) is 0 Å². The van der Waals surface area contributed by atoms with E-state index in [4.69, 9.17) is 14.6 Å². The van der Waals surface area contributed by atoms with Crippen LogP contribution in [0, 0.1) is 5.92 Å². The van der Waals surface area contributed by atoms with Gasteiger partial charge in [0.05, 0.1) is 12.7 Å². The van der Waals surface area contributed by atoms with E-state index >= 15 is 0 Å². The van der Waals surface area contributed by atoms with E-state index in [1.807, 2.05) is 0 Å². The number of hydrogen-bond donors (Lipinski definition) is 1. The summed E-state index contributed by atoms with van der Waals surface area (Å²) in [5, 5.41) is 8.62. The molecule has 2 aliphatic heterocycles. The van der Waals surface area contributed by atoms with Crippen molar-refractivity contribution in [3.8, 4) is 0 Å². The van der Waals surface area contributed by atoms with E-state index in [9.17, 15) is 4.79 Å². The van der Waals surface area contributed by atoms with Crippen molar-refractivity contribution in [3.05, 3.63) is 0 Å². The summed E-state index contributed by atoms with van der Waals surface area (Å²) in [7, 11) is 2.11. The largest absolute Gasteiger partial charge is 0.481 e. The Kier molecular flexibility index (Phi) is 4.36. The van der Waals surface area contributed by atoms with Gasteiger partial charge in [0.1, 0.15) is 0 Å². The highest BCUT2D eigenvalue weighted by Crippen LogP contribution is 2.27. The average Bonchev–Trinajstić information content (AvgIpc) is 2.75. The molecule has 17 heavy (non-hydrogen) atoms. The lowest BCUT2D eigenvalue weighted by Gasteiger charge is -2.32. The van der Waals surface area contributed by atoms with Gasteiger partial charge in [-0.15, -0.1) is 0 Å². The molecule has 0 aromatic rings. The zero-order valence-corrected chi connectivity index (χ0v) is 10.3. The first-order chi connectivity index (χ1) is 8.15. The minimum Gasteiger partial charge on any atom is -0.481 e. The zero-order valence-electron chi connectivity index (χ0n) is 10.3. The Balaban J connectivity index is 1.75. The topological polar surface area (TPSA) is 59.0 Å². The van der Waals surface area contributed by atoms with Gasteiger partial charge in [-0.3, -0.25) is 4.79 Å². The number of ether oxygens (including phenoxy) is 2. The number of nitrogens with zero attached hydrogens (tertiary/aromatic N) is 1. The molecule has 2 aliphatic rings. The molecule has 5 heteroatoms. The number of likely N-dealkylation sites (tertiary alicyclic amines) is 1. The molecule has 0 spiro atoms. The normalized spacial score (nSPS) is 35.0. The first-order valence-corrected chi connectivity index (χ1v) is 6.32. The molecule has 0 aromatic carbocycles. The molecule has 0 aromatic heterocycles. The third-order valence-corrected chi connectivity index (χ3v) is 3.50. The van der Waals surface area contributed by atoms with Crippen molar-refractivity contribution < 1.29 is 19.4 Å². The van der Waals surface area contributed by atoms with Gasteiger partial charge in [-0.2, -0.15) is 0 Å². The number of carboxylic acids is 1. The van der Waals surface area contributed by atoms with Crippen LogP contribution in [-0.2, 0) is 14.3 Å². The third-order valence-electron chi connectivity index (χ3n) is 3.50. The quantitative estimate of drug-likeness (QED) is 0.796. The second-order valence-corrected chi connectivity index (χ2v) is 5.06. The molecule has 2 heterocycles. The van der Waals surface area contributed by atoms with Crippen molar-refractivity contribution in [3.63, 3.8) is 0 Å². The SMILES string of the molecule is CN1CCCC(C2OCC(CCC(=O)O)O2)C1. The van der Waals surface area contributed by atoms with Crippen molar-refractivity contribution in [2.45, 2.75) is 38.1 Å². The summed E-state index contributed by atoms with van der Waals surface area (Å²) in [4.78, 5) is 12.8. The second-order valence-electron chi connectivity index (χ2n) is 5.06. The second kappa shape index (κ2) is 5.80. The van der Waals surface area contributed by atoms with Crippen LogP contribution in [0.5, 0.6) is 0 Å². The minimum absolute atomic E-state index is 0.0386. The molecule has 5 nitrogen and oxygen atoms in total. The zero-order chi connectivity index (χ0) is 12.3. The summed E-state index contributed by atoms with van der Waals surface area (Å²) < 4.78 is 11.4. The Morgan fingerprint density at radius 2 is 2.35 bits per heavy atom. The standard InChI is InChI=1S/C12H21NO4/c1-13-6-2-3-9(7-13)12-16-8-10(17-12)4-5-11(14)15/h9-10,12H,2-8H2,1H3,(H,14,15). The highest BCUT2D eigenvalue weighted by Gasteiger charge is 2.34. The Bertz CT molecular complexity index is 271. The number of piperidine rings is 1. The van der Waals surface area contributed by atoms with Gasteiger partial charge in [0.15, 0.2) is 6.29 Å². The van der Waals surface area contributed by atoms with E-state index in [0.717, 1.165) is 19.5 Å². The van der Waals surface area contributed by atoms with Gasteiger partial charge in [0, 0.05) is 18.9 Å². The summed E-state index contributed by atoms with van der Waals surface area (Å²) in [5.41, 5.74) is 0. The predicted octanol–water partition coefficient (Wildman–Crippen LogP) is 0.934. The van der Waals surface area contributed by atoms with Gasteiger partial charge in [0.25, 0.3) is 0 Å². The van der Waals surface area contributed by atoms with E-state index in [1.54, 1.807) is 0 Å². The molecule has 98 valence electrons. The van der Waals surface area contributed by atoms with Crippen LogP contribution < -0.4 is 0 Å². The van der Waals surface area contributed by atoms with Gasteiger partial charge < -0.3 is 19.5 Å². The molecule has 0 saturated carbocycles. The van der Waals surface area contributed by atoms with Crippen LogP contribution in [0.4, 0.5) is 0 Å². The maximum Gasteiger partial charge on any atom is 0.303 e. The Hall–Kier alpha value is -0.650. The molecular formula is C12H21NO4. The summed E-state index contributed by atoms with van der Waals surface area (Å²) in [5.74, 6) is -0.335. The first kappa shape index (κ1) is 12.8. The van der Waals surface area contributed by atoms with E-state index < -0.39 is 5.97 Å². The van der Waals surface area contributed by atoms with E-state index in [1.165, 1.54) is 6.42 Å². The highest BCUT2D eigenvalue weighted by molar-refractivity contribution is 5.66. The number of hydrogen-bond acceptors (Lipinski definition) is 4. The van der Waals surface area contributed by atoms with Gasteiger partial charge in [0.2, 0.25) is 0 Å². The molecule has 2 saturated heterocycles. The van der Waals surface area contributed by atoms with E-state index in [0.29, 0.717) is 18.9 Å². The first-order valence-electron chi connectivity index (χ1n) is 6.32. The van der Waals surface area contributed by atoms with Crippen molar-refractivity contribution in [2.75, 3.05) is 26.7 Å². The molecule has 2 rings (SSSR count). The van der Waals surface area contributed by atoms with Crippen LogP contribution in [0.3, 0.4) is 0 Å². The van der Waals surface area contributed by atoms with Crippen molar-refractivity contribution in [2.24, 2.45) is 5.92 Å². The van der Waals surface area contributed by atoms with Crippen LogP contribution in [0.15, 0.2) is 0 Å². The summed E-state index contributed by atoms with van der Waals surface area (Å²) in [6.45, 7) is 2.69. The Morgan fingerprint density at radius 1 is 1.53 bits per heavy atom. The summed E-state index contributed by atoms with van der Waals surface area (Å²) >= 11 is 0. The monoisotopic (exact) mass is 243 g/mol. The van der Waals surface area contributed by atoms with Crippen molar-refractivity contribution >= 4 is 5.97 Å². The van der Waals surface area contributed by atoms with Crippen LogP contribution >= 0.6 is 0 Å². The lowest BCUT2D eigenvalue weighted by molar-refractivity contribution is -0.138. The smallest absolute Gasteiger partial charge is 0.303 e. The lowest BCUT2D eigenvalue weighted by atomic mass is 9.98. The van der Waals surface area contributed by atoms with Crippen LogP contribution in [-0.4, -0.2) is 55.1 Å². The fourth-order valence-electron chi connectivity index (χ4n) is 2.58. The van der Waals surface area contributed by atoms with Gasteiger partial charge >= 0.3 is 5.97 Å². The summed E-state index contributed by atoms with van der Waals surface area (Å²) in [6.07, 6.45) is 2.87. The van der Waals surface area contributed by atoms with Crippen molar-refractivity contribution in [1.82, 2.24) is 4.90 Å². The minimum atomic E-state index is -0.769. The molecule has 0 radical (unpaired) electrons. The summed E-state index contributed by atoms with van der Waals surface area (Å²) in [6, 6.07) is 0. The molecule has 1 N–H and O–H groups in total. The molecule has 0 aliphatic carbocycles. The maximum absolute atomic E-state index is 10.5. The molecule has 3 unspecified atom stereocenters. The molecule has 0 bridgehead atoms. The van der Waals surface area contributed by atoms with E-state index in [-0.39, 0.29) is 18.8 Å². The van der Waals surface area contributed by atoms with Crippen LogP contribution in [0.25, 0.3) is 0 Å².